The van der Waals surface area contributed by atoms with Gasteiger partial charge < -0.3 is 9.88 Å². The molecule has 1 amide bonds. The average Bonchev–Trinajstić information content (AvgIpc) is 2.61. The number of aryl methyl sites for hydroxylation is 1. The molecule has 0 atom stereocenters. The van der Waals surface area contributed by atoms with E-state index in [1.165, 1.54) is 6.07 Å². The predicted octanol–water partition coefficient (Wildman–Crippen LogP) is 3.10. The summed E-state index contributed by atoms with van der Waals surface area (Å²) in [4.78, 5) is 11.9. The number of halogens is 2. The van der Waals surface area contributed by atoms with Crippen molar-refractivity contribution < 1.29 is 13.6 Å². The molecule has 0 saturated carbocycles. The van der Waals surface area contributed by atoms with Crippen LogP contribution < -0.4 is 5.32 Å². The van der Waals surface area contributed by atoms with E-state index in [1.54, 1.807) is 0 Å². The number of carbonyl (C=O) groups excluding carboxylic acids is 1. The lowest BCUT2D eigenvalue weighted by molar-refractivity contribution is -0.115. The first-order valence-corrected chi connectivity index (χ1v) is 6.25. The lowest BCUT2D eigenvalue weighted by Gasteiger charge is -2.07. The number of nitrogens with one attached hydrogen (secondary N) is 1. The summed E-state index contributed by atoms with van der Waals surface area (Å²) in [5.74, 6) is -1.78. The van der Waals surface area contributed by atoms with Crippen LogP contribution in [0, 0.1) is 25.5 Å². The van der Waals surface area contributed by atoms with Crippen LogP contribution in [0.3, 0.4) is 0 Å². The van der Waals surface area contributed by atoms with Gasteiger partial charge in [0.2, 0.25) is 5.91 Å². The Kier molecular flexibility index (Phi) is 3.88. The van der Waals surface area contributed by atoms with Crippen molar-refractivity contribution in [3.63, 3.8) is 0 Å². The fourth-order valence-corrected chi connectivity index (χ4v) is 2.07. The quantitative estimate of drug-likeness (QED) is 0.919. The molecule has 0 fully saturated rings. The van der Waals surface area contributed by atoms with Crippen molar-refractivity contribution in [2.45, 2.75) is 20.3 Å². The van der Waals surface area contributed by atoms with Crippen LogP contribution in [-0.2, 0) is 18.3 Å². The molecule has 0 aliphatic heterocycles. The monoisotopic (exact) mass is 278 g/mol. The highest BCUT2D eigenvalue weighted by molar-refractivity contribution is 5.92. The zero-order valence-corrected chi connectivity index (χ0v) is 11.6. The van der Waals surface area contributed by atoms with Gasteiger partial charge in [-0.15, -0.1) is 0 Å². The van der Waals surface area contributed by atoms with Crippen LogP contribution >= 0.6 is 0 Å². The first-order valence-electron chi connectivity index (χ1n) is 6.25. The molecule has 0 saturated heterocycles. The first-order chi connectivity index (χ1) is 9.38. The van der Waals surface area contributed by atoms with E-state index in [2.05, 4.69) is 5.32 Å². The highest BCUT2D eigenvalue weighted by Crippen LogP contribution is 2.17. The van der Waals surface area contributed by atoms with Crippen molar-refractivity contribution in [2.24, 2.45) is 7.05 Å². The molecule has 0 spiro atoms. The summed E-state index contributed by atoms with van der Waals surface area (Å²) in [6.45, 7) is 3.88. The molecule has 0 aliphatic carbocycles. The molecule has 106 valence electrons. The molecule has 2 rings (SSSR count). The molecular formula is C15H16F2N2O. The van der Waals surface area contributed by atoms with E-state index in [9.17, 15) is 13.6 Å². The second-order valence-corrected chi connectivity index (χ2v) is 4.80. The maximum absolute atomic E-state index is 13.4. The number of carbonyl (C=O) groups is 1. The van der Waals surface area contributed by atoms with E-state index in [4.69, 9.17) is 0 Å². The minimum Gasteiger partial charge on any atom is -0.352 e. The Morgan fingerprint density at radius 1 is 1.25 bits per heavy atom. The van der Waals surface area contributed by atoms with Gasteiger partial charge in [0.05, 0.1) is 12.1 Å². The van der Waals surface area contributed by atoms with E-state index in [1.807, 2.05) is 31.5 Å². The largest absolute Gasteiger partial charge is 0.352 e. The Balaban J connectivity index is 2.11. The Morgan fingerprint density at radius 2 is 1.95 bits per heavy atom. The van der Waals surface area contributed by atoms with Crippen molar-refractivity contribution in [3.8, 4) is 0 Å². The second kappa shape index (κ2) is 5.45. The fraction of sp³-hybridized carbons (Fsp3) is 0.267. The van der Waals surface area contributed by atoms with Crippen LogP contribution in [0.4, 0.5) is 14.5 Å². The molecule has 0 bridgehead atoms. The van der Waals surface area contributed by atoms with E-state index in [0.717, 1.165) is 29.1 Å². The number of aromatic nitrogens is 1. The summed E-state index contributed by atoms with van der Waals surface area (Å²) in [5, 5.41) is 2.45. The van der Waals surface area contributed by atoms with E-state index >= 15 is 0 Å². The van der Waals surface area contributed by atoms with E-state index in [-0.39, 0.29) is 18.0 Å². The molecular weight excluding hydrogens is 262 g/mol. The van der Waals surface area contributed by atoms with Gasteiger partial charge in [-0.3, -0.25) is 4.79 Å². The van der Waals surface area contributed by atoms with Crippen molar-refractivity contribution in [1.29, 1.82) is 0 Å². The minimum absolute atomic E-state index is 0.0123. The number of benzene rings is 1. The Labute approximate surface area is 116 Å². The average molecular weight is 278 g/mol. The summed E-state index contributed by atoms with van der Waals surface area (Å²) < 4.78 is 28.2. The predicted molar refractivity (Wildman–Crippen MR) is 73.6 cm³/mol. The summed E-state index contributed by atoms with van der Waals surface area (Å²) in [7, 11) is 1.92. The van der Waals surface area contributed by atoms with Gasteiger partial charge in [-0.2, -0.15) is 0 Å². The molecule has 20 heavy (non-hydrogen) atoms. The molecule has 1 aromatic heterocycles. The third-order valence-corrected chi connectivity index (χ3v) is 3.44. The van der Waals surface area contributed by atoms with Gasteiger partial charge in [0.25, 0.3) is 0 Å². The fourth-order valence-electron chi connectivity index (χ4n) is 2.07. The topological polar surface area (TPSA) is 34.0 Å². The molecule has 0 unspecified atom stereocenters. The summed E-state index contributed by atoms with van der Waals surface area (Å²) in [6.07, 6.45) is 0.157. The number of anilines is 1. The zero-order valence-electron chi connectivity index (χ0n) is 11.6. The van der Waals surface area contributed by atoms with Gasteiger partial charge in [0.1, 0.15) is 11.6 Å². The van der Waals surface area contributed by atoms with Crippen LogP contribution in [0.15, 0.2) is 24.3 Å². The lowest BCUT2D eigenvalue weighted by atomic mass is 10.1. The third-order valence-electron chi connectivity index (χ3n) is 3.44. The van der Waals surface area contributed by atoms with Gasteiger partial charge in [-0.25, -0.2) is 8.78 Å². The van der Waals surface area contributed by atoms with Crippen LogP contribution in [0.25, 0.3) is 0 Å². The maximum Gasteiger partial charge on any atom is 0.228 e. The highest BCUT2D eigenvalue weighted by Gasteiger charge is 2.12. The molecule has 0 radical (unpaired) electrons. The Bertz CT molecular complexity index is 662. The molecule has 2 aromatic rings. The lowest BCUT2D eigenvalue weighted by Crippen LogP contribution is -2.15. The standard InChI is InChI=1S/C15H16F2N2O/c1-9-6-11(10(2)19(9)3)7-15(20)18-14-5-4-12(16)8-13(14)17/h4-6,8H,7H2,1-3H3,(H,18,20). The van der Waals surface area contributed by atoms with Gasteiger partial charge >= 0.3 is 0 Å². The highest BCUT2D eigenvalue weighted by atomic mass is 19.1. The van der Waals surface area contributed by atoms with E-state index < -0.39 is 11.6 Å². The van der Waals surface area contributed by atoms with Crippen molar-refractivity contribution in [3.05, 3.63) is 52.9 Å². The van der Waals surface area contributed by atoms with E-state index in [0.29, 0.717) is 0 Å². The number of nitrogens with zero attached hydrogens (tertiary/aromatic N) is 1. The molecule has 1 aromatic carbocycles. The number of amides is 1. The second-order valence-electron chi connectivity index (χ2n) is 4.80. The Hall–Kier alpha value is -2.17. The number of hydrogen-bond donors (Lipinski definition) is 1. The first kappa shape index (κ1) is 14.2. The number of hydrogen-bond acceptors (Lipinski definition) is 1. The van der Waals surface area contributed by atoms with Gasteiger partial charge in [-0.05, 0) is 37.6 Å². The van der Waals surface area contributed by atoms with Crippen molar-refractivity contribution in [2.75, 3.05) is 5.32 Å². The van der Waals surface area contributed by atoms with Crippen LogP contribution in [0.1, 0.15) is 17.0 Å². The van der Waals surface area contributed by atoms with Crippen LogP contribution in [0.2, 0.25) is 0 Å². The number of rotatable bonds is 3. The normalized spacial score (nSPS) is 10.7. The summed E-state index contributed by atoms with van der Waals surface area (Å²) in [5.41, 5.74) is 2.93. The summed E-state index contributed by atoms with van der Waals surface area (Å²) >= 11 is 0. The maximum atomic E-state index is 13.4. The van der Waals surface area contributed by atoms with Crippen molar-refractivity contribution >= 4 is 11.6 Å². The summed E-state index contributed by atoms with van der Waals surface area (Å²) in [6, 6.07) is 4.99. The van der Waals surface area contributed by atoms with Crippen molar-refractivity contribution in [1.82, 2.24) is 4.57 Å². The minimum atomic E-state index is -0.778. The van der Waals surface area contributed by atoms with Gasteiger partial charge in [0, 0.05) is 24.5 Å². The van der Waals surface area contributed by atoms with Gasteiger partial charge in [-0.1, -0.05) is 0 Å². The van der Waals surface area contributed by atoms with Crippen LogP contribution in [0.5, 0.6) is 0 Å². The van der Waals surface area contributed by atoms with Crippen LogP contribution in [-0.4, -0.2) is 10.5 Å². The Morgan fingerprint density at radius 3 is 2.50 bits per heavy atom. The molecule has 1 heterocycles. The molecule has 0 aliphatic rings. The smallest absolute Gasteiger partial charge is 0.228 e. The molecule has 1 N–H and O–H groups in total. The third kappa shape index (κ3) is 2.87. The van der Waals surface area contributed by atoms with Gasteiger partial charge in [0.15, 0.2) is 0 Å². The SMILES string of the molecule is Cc1cc(CC(=O)Nc2ccc(F)cc2F)c(C)n1C. The zero-order chi connectivity index (χ0) is 14.9. The molecule has 3 nitrogen and oxygen atoms in total. The molecule has 5 heteroatoms.